The molecule has 0 N–H and O–H groups in total. The van der Waals surface area contributed by atoms with Crippen molar-refractivity contribution in [1.29, 1.82) is 0 Å². The number of aryl methyl sites for hydroxylation is 1. The number of hydrogen-bond donors (Lipinski definition) is 0. The first-order chi connectivity index (χ1) is 17.2. The van der Waals surface area contributed by atoms with E-state index in [9.17, 15) is 19.7 Å². The Morgan fingerprint density at radius 2 is 1.81 bits per heavy atom. The molecule has 0 aromatic heterocycles. The Labute approximate surface area is 220 Å². The Bertz CT molecular complexity index is 1370. The van der Waals surface area contributed by atoms with E-state index in [1.807, 2.05) is 31.2 Å². The van der Waals surface area contributed by atoms with Gasteiger partial charge in [0.15, 0.2) is 11.5 Å². The van der Waals surface area contributed by atoms with Crippen molar-refractivity contribution in [2.75, 3.05) is 7.11 Å². The van der Waals surface area contributed by atoms with Gasteiger partial charge < -0.3 is 9.47 Å². The Hall–Kier alpha value is -3.63. The smallest absolute Gasteiger partial charge is 0.293 e. The number of rotatable bonds is 8. The highest BCUT2D eigenvalue weighted by Crippen LogP contribution is 2.38. The molecular weight excluding hydrogens is 548 g/mol. The second kappa shape index (κ2) is 11.0. The summed E-state index contributed by atoms with van der Waals surface area (Å²) in [4.78, 5) is 37.4. The van der Waals surface area contributed by atoms with E-state index in [1.54, 1.807) is 30.3 Å². The average Bonchev–Trinajstić information content (AvgIpc) is 3.11. The van der Waals surface area contributed by atoms with Crippen LogP contribution in [-0.2, 0) is 17.9 Å². The molecule has 0 spiro atoms. The minimum Gasteiger partial charge on any atom is -0.493 e. The monoisotopic (exact) mass is 568 g/mol. The molecule has 2 amide bonds. The summed E-state index contributed by atoms with van der Waals surface area (Å²) in [5.74, 6) is 0.536. The van der Waals surface area contributed by atoms with Crippen LogP contribution >= 0.6 is 27.7 Å². The normalized spacial score (nSPS) is 14.4. The maximum atomic E-state index is 13.0. The minimum absolute atomic E-state index is 0.00623. The van der Waals surface area contributed by atoms with E-state index < -0.39 is 4.92 Å². The molecule has 1 saturated heterocycles. The fraction of sp³-hybridized carbons (Fsp3) is 0.154. The Morgan fingerprint density at radius 1 is 1.06 bits per heavy atom. The molecule has 36 heavy (non-hydrogen) atoms. The van der Waals surface area contributed by atoms with Gasteiger partial charge >= 0.3 is 0 Å². The van der Waals surface area contributed by atoms with Crippen LogP contribution in [0.1, 0.15) is 22.3 Å². The zero-order valence-electron chi connectivity index (χ0n) is 19.4. The van der Waals surface area contributed by atoms with Gasteiger partial charge in [0, 0.05) is 16.6 Å². The van der Waals surface area contributed by atoms with E-state index in [4.69, 9.17) is 9.47 Å². The van der Waals surface area contributed by atoms with Crippen molar-refractivity contribution in [3.8, 4) is 11.5 Å². The van der Waals surface area contributed by atoms with Crippen LogP contribution in [-0.4, -0.2) is 28.1 Å². The minimum atomic E-state index is -0.458. The topological polar surface area (TPSA) is 99.0 Å². The van der Waals surface area contributed by atoms with Gasteiger partial charge in [-0.2, -0.15) is 0 Å². The summed E-state index contributed by atoms with van der Waals surface area (Å²) in [6.07, 6.45) is 1.65. The molecule has 184 valence electrons. The van der Waals surface area contributed by atoms with Crippen molar-refractivity contribution in [3.63, 3.8) is 0 Å². The van der Waals surface area contributed by atoms with Crippen LogP contribution in [0, 0.1) is 17.0 Å². The van der Waals surface area contributed by atoms with Crippen LogP contribution in [0.3, 0.4) is 0 Å². The molecule has 0 aliphatic carbocycles. The molecule has 1 heterocycles. The highest BCUT2D eigenvalue weighted by molar-refractivity contribution is 9.10. The van der Waals surface area contributed by atoms with E-state index in [0.717, 1.165) is 28.5 Å². The number of methoxy groups -OCH3 is 1. The van der Waals surface area contributed by atoms with Crippen molar-refractivity contribution in [1.82, 2.24) is 4.90 Å². The number of nitrogens with zero attached hydrogens (tertiary/aromatic N) is 2. The van der Waals surface area contributed by atoms with Crippen molar-refractivity contribution >= 4 is 50.6 Å². The molecule has 1 aliphatic rings. The zero-order valence-corrected chi connectivity index (χ0v) is 21.8. The maximum absolute atomic E-state index is 13.0. The molecule has 1 aliphatic heterocycles. The molecular formula is C26H21BrN2O6S. The molecule has 1 fully saturated rings. The lowest BCUT2D eigenvalue weighted by atomic mass is 10.1. The van der Waals surface area contributed by atoms with Gasteiger partial charge in [0.1, 0.15) is 6.61 Å². The first-order valence-electron chi connectivity index (χ1n) is 10.8. The summed E-state index contributed by atoms with van der Waals surface area (Å²) in [7, 11) is 1.50. The zero-order chi connectivity index (χ0) is 25.8. The number of hydrogen-bond acceptors (Lipinski definition) is 7. The number of halogens is 1. The fourth-order valence-corrected chi connectivity index (χ4v) is 4.85. The van der Waals surface area contributed by atoms with Gasteiger partial charge in [-0.1, -0.05) is 45.8 Å². The van der Waals surface area contributed by atoms with Crippen molar-refractivity contribution in [2.24, 2.45) is 0 Å². The quantitative estimate of drug-likeness (QED) is 0.174. The summed E-state index contributed by atoms with van der Waals surface area (Å²) in [5, 5.41) is 10.5. The summed E-state index contributed by atoms with van der Waals surface area (Å²) < 4.78 is 12.0. The number of carbonyl (C=O) groups excluding carboxylic acids is 2. The second-order valence-corrected chi connectivity index (χ2v) is 9.84. The molecule has 10 heteroatoms. The van der Waals surface area contributed by atoms with Gasteiger partial charge in [0.25, 0.3) is 16.8 Å². The molecule has 3 aromatic rings. The van der Waals surface area contributed by atoms with Gasteiger partial charge in [0.05, 0.1) is 23.5 Å². The number of non-ortho nitro benzene ring substituents is 1. The molecule has 3 aromatic carbocycles. The van der Waals surface area contributed by atoms with Crippen LogP contribution in [0.15, 0.2) is 70.0 Å². The SMILES string of the molecule is COc1cc(/C=C2/SC(=O)N(Cc3cccc(C)c3)C2=O)c(Br)cc1OCc1ccc([N+](=O)[O-])cc1. The number of ether oxygens (including phenoxy) is 2. The van der Waals surface area contributed by atoms with Crippen LogP contribution in [0.25, 0.3) is 6.08 Å². The first kappa shape index (κ1) is 25.5. The summed E-state index contributed by atoms with van der Waals surface area (Å²) >= 11 is 4.40. The maximum Gasteiger partial charge on any atom is 0.293 e. The molecule has 4 rings (SSSR count). The van der Waals surface area contributed by atoms with Gasteiger partial charge in [-0.05, 0) is 65.7 Å². The Balaban J connectivity index is 1.51. The number of benzene rings is 3. The number of amides is 2. The number of nitro groups is 1. The predicted octanol–water partition coefficient (Wildman–Crippen LogP) is 6.49. The van der Waals surface area contributed by atoms with E-state index in [1.165, 1.54) is 24.1 Å². The standard InChI is InChI=1S/C26H21BrN2O6S/c1-16-4-3-5-18(10-16)14-28-25(30)24(36-26(28)31)12-19-11-22(34-2)23(13-21(19)27)35-15-17-6-8-20(9-7-17)29(32)33/h3-13H,14-15H2,1-2H3/b24-12+. The van der Waals surface area contributed by atoms with E-state index >= 15 is 0 Å². The third kappa shape index (κ3) is 5.77. The highest BCUT2D eigenvalue weighted by Gasteiger charge is 2.35. The fourth-order valence-electron chi connectivity index (χ4n) is 3.58. The van der Waals surface area contributed by atoms with Gasteiger partial charge in [-0.15, -0.1) is 0 Å². The van der Waals surface area contributed by atoms with Crippen LogP contribution in [0.4, 0.5) is 10.5 Å². The third-order valence-electron chi connectivity index (χ3n) is 5.41. The number of nitro benzene ring substituents is 1. The first-order valence-corrected chi connectivity index (χ1v) is 12.4. The van der Waals surface area contributed by atoms with E-state index in [0.29, 0.717) is 26.4 Å². The largest absolute Gasteiger partial charge is 0.493 e. The van der Waals surface area contributed by atoms with Gasteiger partial charge in [0.2, 0.25) is 0 Å². The number of imide groups is 1. The lowest BCUT2D eigenvalue weighted by Gasteiger charge is -2.14. The molecule has 0 atom stereocenters. The Kier molecular flexibility index (Phi) is 7.76. The molecule has 0 bridgehead atoms. The lowest BCUT2D eigenvalue weighted by Crippen LogP contribution is -2.27. The molecule has 8 nitrogen and oxygen atoms in total. The van der Waals surface area contributed by atoms with Gasteiger partial charge in [-0.3, -0.25) is 24.6 Å². The highest BCUT2D eigenvalue weighted by atomic mass is 79.9. The van der Waals surface area contributed by atoms with Gasteiger partial charge in [-0.25, -0.2) is 0 Å². The van der Waals surface area contributed by atoms with Crippen LogP contribution < -0.4 is 9.47 Å². The average molecular weight is 569 g/mol. The predicted molar refractivity (Wildman–Crippen MR) is 141 cm³/mol. The van der Waals surface area contributed by atoms with Crippen LogP contribution in [0.5, 0.6) is 11.5 Å². The summed E-state index contributed by atoms with van der Waals surface area (Å²) in [6.45, 7) is 2.35. The number of thioether (sulfide) groups is 1. The molecule has 0 radical (unpaired) electrons. The van der Waals surface area contributed by atoms with E-state index in [-0.39, 0.29) is 30.0 Å². The lowest BCUT2D eigenvalue weighted by molar-refractivity contribution is -0.384. The number of carbonyl (C=O) groups is 2. The summed E-state index contributed by atoms with van der Waals surface area (Å²) in [6, 6.07) is 17.2. The summed E-state index contributed by atoms with van der Waals surface area (Å²) in [5.41, 5.74) is 3.35. The third-order valence-corrected chi connectivity index (χ3v) is 7.00. The second-order valence-electron chi connectivity index (χ2n) is 7.99. The van der Waals surface area contributed by atoms with Crippen molar-refractivity contribution < 1.29 is 24.0 Å². The van der Waals surface area contributed by atoms with Crippen molar-refractivity contribution in [3.05, 3.63) is 102 Å². The van der Waals surface area contributed by atoms with Crippen LogP contribution in [0.2, 0.25) is 0 Å². The van der Waals surface area contributed by atoms with E-state index in [2.05, 4.69) is 15.9 Å². The molecule has 0 unspecified atom stereocenters. The van der Waals surface area contributed by atoms with Crippen molar-refractivity contribution in [2.45, 2.75) is 20.1 Å². The Morgan fingerprint density at radius 3 is 2.47 bits per heavy atom. The molecule has 0 saturated carbocycles.